The number of hydrogen-bond donors (Lipinski definition) is 1. The minimum absolute atomic E-state index is 0.669. The molecule has 0 radical (unpaired) electrons. The quantitative estimate of drug-likeness (QED) is 0.646. The first kappa shape index (κ1) is 7.86. The Labute approximate surface area is 75.8 Å². The van der Waals surface area contributed by atoms with Crippen LogP contribution in [0.2, 0.25) is 0 Å². The third-order valence-electron chi connectivity index (χ3n) is 2.05. The van der Waals surface area contributed by atoms with Gasteiger partial charge in [-0.1, -0.05) is 0 Å². The zero-order valence-electron chi connectivity index (χ0n) is 6.79. The summed E-state index contributed by atoms with van der Waals surface area (Å²) in [5, 5.41) is 0. The van der Waals surface area contributed by atoms with E-state index in [1.165, 1.54) is 5.56 Å². The molecule has 64 valence electrons. The summed E-state index contributed by atoms with van der Waals surface area (Å²) >= 11 is 1.96. The molecule has 0 bridgehead atoms. The Kier molecular flexibility index (Phi) is 2.17. The minimum atomic E-state index is 0.669. The highest BCUT2D eigenvalue weighted by molar-refractivity contribution is 7.99. The molecule has 0 saturated carbocycles. The number of aryl methyl sites for hydroxylation is 1. The first-order valence-corrected chi connectivity index (χ1v) is 5.19. The molecule has 0 aliphatic carbocycles. The van der Waals surface area contributed by atoms with E-state index in [-0.39, 0.29) is 0 Å². The van der Waals surface area contributed by atoms with Crippen LogP contribution in [0.15, 0.2) is 6.33 Å². The number of anilines is 1. The second kappa shape index (κ2) is 3.31. The molecule has 0 amide bonds. The van der Waals surface area contributed by atoms with Gasteiger partial charge in [-0.3, -0.25) is 0 Å². The lowest BCUT2D eigenvalue weighted by atomic mass is 10.1. The molecule has 2 rings (SSSR count). The lowest BCUT2D eigenvalue weighted by molar-refractivity contribution is 0.962. The van der Waals surface area contributed by atoms with E-state index >= 15 is 0 Å². The third-order valence-corrected chi connectivity index (χ3v) is 3.03. The van der Waals surface area contributed by atoms with Gasteiger partial charge in [-0.15, -0.1) is 0 Å². The molecule has 0 aromatic carbocycles. The highest BCUT2D eigenvalue weighted by Gasteiger charge is 2.11. The van der Waals surface area contributed by atoms with Crippen LogP contribution >= 0.6 is 11.8 Å². The summed E-state index contributed by atoms with van der Waals surface area (Å²) in [7, 11) is 0. The highest BCUT2D eigenvalue weighted by atomic mass is 32.2. The molecule has 4 heteroatoms. The Balaban J connectivity index is 2.42. The molecule has 3 nitrogen and oxygen atoms in total. The maximum atomic E-state index is 5.75. The van der Waals surface area contributed by atoms with Crippen molar-refractivity contribution in [3.8, 4) is 0 Å². The van der Waals surface area contributed by atoms with Crippen molar-refractivity contribution in [2.24, 2.45) is 0 Å². The molecule has 0 unspecified atom stereocenters. The number of thioether (sulfide) groups is 1. The van der Waals surface area contributed by atoms with Crippen LogP contribution in [0.25, 0.3) is 0 Å². The van der Waals surface area contributed by atoms with E-state index in [0.29, 0.717) is 5.82 Å². The predicted octanol–water partition coefficient (Wildman–Crippen LogP) is 0.891. The average molecular weight is 181 g/mol. The summed E-state index contributed by atoms with van der Waals surface area (Å²) in [5.41, 5.74) is 8.07. The number of nitrogen functional groups attached to an aromatic ring is 1. The standard InChI is InChI=1S/C8H11N3S/c9-8-6-1-3-12-4-2-7(6)10-5-11-8/h5H,1-4H2,(H2,9,10,11). The van der Waals surface area contributed by atoms with Gasteiger partial charge in [0.25, 0.3) is 0 Å². The largest absolute Gasteiger partial charge is 0.383 e. The van der Waals surface area contributed by atoms with Gasteiger partial charge in [0.2, 0.25) is 0 Å². The van der Waals surface area contributed by atoms with Gasteiger partial charge >= 0.3 is 0 Å². The fourth-order valence-corrected chi connectivity index (χ4v) is 2.29. The van der Waals surface area contributed by atoms with Crippen LogP contribution in [0, 0.1) is 0 Å². The van der Waals surface area contributed by atoms with E-state index in [2.05, 4.69) is 9.97 Å². The van der Waals surface area contributed by atoms with Crippen LogP contribution in [0.3, 0.4) is 0 Å². The monoisotopic (exact) mass is 181 g/mol. The molecule has 1 aromatic rings. The van der Waals surface area contributed by atoms with Crippen molar-refractivity contribution in [3.63, 3.8) is 0 Å². The smallest absolute Gasteiger partial charge is 0.130 e. The molecule has 12 heavy (non-hydrogen) atoms. The zero-order valence-corrected chi connectivity index (χ0v) is 7.60. The Morgan fingerprint density at radius 3 is 3.00 bits per heavy atom. The van der Waals surface area contributed by atoms with Crippen molar-refractivity contribution in [1.29, 1.82) is 0 Å². The summed E-state index contributed by atoms with van der Waals surface area (Å²) in [6, 6.07) is 0. The van der Waals surface area contributed by atoms with Crippen molar-refractivity contribution in [1.82, 2.24) is 9.97 Å². The van der Waals surface area contributed by atoms with E-state index in [4.69, 9.17) is 5.73 Å². The Morgan fingerprint density at radius 1 is 1.25 bits per heavy atom. The molecule has 2 N–H and O–H groups in total. The number of aromatic nitrogens is 2. The fourth-order valence-electron chi connectivity index (χ4n) is 1.40. The normalized spacial score (nSPS) is 16.7. The maximum Gasteiger partial charge on any atom is 0.130 e. The van der Waals surface area contributed by atoms with E-state index in [1.807, 2.05) is 11.8 Å². The van der Waals surface area contributed by atoms with Crippen LogP contribution in [0.4, 0.5) is 5.82 Å². The first-order valence-electron chi connectivity index (χ1n) is 4.04. The lowest BCUT2D eigenvalue weighted by Crippen LogP contribution is -2.04. The third kappa shape index (κ3) is 1.39. The average Bonchev–Trinajstić information content (AvgIpc) is 2.30. The Morgan fingerprint density at radius 2 is 2.08 bits per heavy atom. The van der Waals surface area contributed by atoms with Gasteiger partial charge in [-0.05, 0) is 24.3 Å². The van der Waals surface area contributed by atoms with Gasteiger partial charge in [0, 0.05) is 11.3 Å². The van der Waals surface area contributed by atoms with Crippen molar-refractivity contribution in [2.75, 3.05) is 17.2 Å². The predicted molar refractivity (Wildman–Crippen MR) is 51.2 cm³/mol. The molecular weight excluding hydrogens is 170 g/mol. The van der Waals surface area contributed by atoms with Gasteiger partial charge in [0.15, 0.2) is 0 Å². The lowest BCUT2D eigenvalue weighted by Gasteiger charge is -2.04. The van der Waals surface area contributed by atoms with E-state index in [9.17, 15) is 0 Å². The van der Waals surface area contributed by atoms with Gasteiger partial charge < -0.3 is 5.73 Å². The molecule has 0 fully saturated rings. The molecule has 1 aromatic heterocycles. The van der Waals surface area contributed by atoms with Gasteiger partial charge in [-0.2, -0.15) is 11.8 Å². The van der Waals surface area contributed by atoms with Crippen molar-refractivity contribution in [3.05, 3.63) is 17.6 Å². The Bertz CT molecular complexity index is 288. The molecular formula is C8H11N3S. The number of hydrogen-bond acceptors (Lipinski definition) is 4. The summed E-state index contributed by atoms with van der Waals surface area (Å²) in [5.74, 6) is 2.97. The second-order valence-corrected chi connectivity index (χ2v) is 4.02. The van der Waals surface area contributed by atoms with Gasteiger partial charge in [-0.25, -0.2) is 9.97 Å². The number of nitrogens with two attached hydrogens (primary N) is 1. The minimum Gasteiger partial charge on any atom is -0.383 e. The van der Waals surface area contributed by atoms with Crippen LogP contribution in [-0.4, -0.2) is 21.5 Å². The van der Waals surface area contributed by atoms with Gasteiger partial charge in [0.05, 0.1) is 0 Å². The summed E-state index contributed by atoms with van der Waals surface area (Å²) in [4.78, 5) is 8.23. The highest BCUT2D eigenvalue weighted by Crippen LogP contribution is 2.20. The van der Waals surface area contributed by atoms with Crippen LogP contribution in [-0.2, 0) is 12.8 Å². The Hall–Kier alpha value is -0.770. The zero-order chi connectivity index (χ0) is 8.39. The van der Waals surface area contributed by atoms with Crippen molar-refractivity contribution in [2.45, 2.75) is 12.8 Å². The van der Waals surface area contributed by atoms with E-state index in [0.717, 1.165) is 30.0 Å². The summed E-state index contributed by atoms with van der Waals surface area (Å²) < 4.78 is 0. The fraction of sp³-hybridized carbons (Fsp3) is 0.500. The van der Waals surface area contributed by atoms with Crippen LogP contribution in [0.5, 0.6) is 0 Å². The number of nitrogens with zero attached hydrogens (tertiary/aromatic N) is 2. The first-order chi connectivity index (χ1) is 5.88. The summed E-state index contributed by atoms with van der Waals surface area (Å²) in [6.07, 6.45) is 3.61. The topological polar surface area (TPSA) is 51.8 Å². The molecule has 1 aliphatic rings. The SMILES string of the molecule is Nc1ncnc2c1CCSCC2. The van der Waals surface area contributed by atoms with Gasteiger partial charge in [0.1, 0.15) is 12.1 Å². The van der Waals surface area contributed by atoms with E-state index < -0.39 is 0 Å². The van der Waals surface area contributed by atoms with E-state index in [1.54, 1.807) is 6.33 Å². The molecule has 2 heterocycles. The molecule has 0 atom stereocenters. The molecule has 0 saturated heterocycles. The van der Waals surface area contributed by atoms with Crippen LogP contribution < -0.4 is 5.73 Å². The number of rotatable bonds is 0. The van der Waals surface area contributed by atoms with Crippen LogP contribution in [0.1, 0.15) is 11.3 Å². The molecule has 0 spiro atoms. The van der Waals surface area contributed by atoms with Crippen molar-refractivity contribution < 1.29 is 0 Å². The molecule has 1 aliphatic heterocycles. The van der Waals surface area contributed by atoms with Crippen molar-refractivity contribution >= 4 is 17.6 Å². The summed E-state index contributed by atoms with van der Waals surface area (Å²) in [6.45, 7) is 0. The maximum absolute atomic E-state index is 5.75. The second-order valence-electron chi connectivity index (χ2n) is 2.80. The number of fused-ring (bicyclic) bond motifs is 1.